The van der Waals surface area contributed by atoms with Crippen molar-refractivity contribution in [3.05, 3.63) is 76.0 Å². The minimum absolute atomic E-state index is 0.0758. The number of carbonyl (C=O) groups excluding carboxylic acids is 1. The van der Waals surface area contributed by atoms with Crippen molar-refractivity contribution in [1.82, 2.24) is 9.88 Å². The van der Waals surface area contributed by atoms with Gasteiger partial charge in [-0.2, -0.15) is 11.3 Å². The highest BCUT2D eigenvalue weighted by Crippen LogP contribution is 2.34. The smallest absolute Gasteiger partial charge is 0.231 e. The maximum Gasteiger partial charge on any atom is 0.231 e. The third kappa shape index (κ3) is 5.45. The van der Waals surface area contributed by atoms with Gasteiger partial charge in [0.05, 0.1) is 25.2 Å². The molecule has 2 aromatic carbocycles. The van der Waals surface area contributed by atoms with Gasteiger partial charge in [-0.25, -0.2) is 4.98 Å². The van der Waals surface area contributed by atoms with E-state index >= 15 is 0 Å². The standard InChI is InChI=1S/C29H29N3O4S2/c1-37-24-4-3-22-14-23(29(30-25(22)15-24)31-7-9-34-10-8-31)17-32(28(33)13-21-6-11-38-18-21)16-20-2-5-26-27(12-20)36-19-35-26/h2-6,11-12,14-15,18H,7-10,13,16-17,19H2,1H3. The molecule has 6 rings (SSSR count). The highest BCUT2D eigenvalue weighted by Gasteiger charge is 2.23. The molecule has 0 unspecified atom stereocenters. The average Bonchev–Trinajstić information content (AvgIpc) is 3.64. The Morgan fingerprint density at radius 3 is 2.71 bits per heavy atom. The van der Waals surface area contributed by atoms with Gasteiger partial charge in [-0.3, -0.25) is 4.79 Å². The molecule has 0 saturated carbocycles. The second-order valence-corrected chi connectivity index (χ2v) is 11.0. The van der Waals surface area contributed by atoms with E-state index in [4.69, 9.17) is 19.2 Å². The van der Waals surface area contributed by atoms with Crippen LogP contribution in [-0.4, -0.2) is 55.1 Å². The molecule has 38 heavy (non-hydrogen) atoms. The van der Waals surface area contributed by atoms with E-state index in [0.29, 0.717) is 32.7 Å². The number of amides is 1. The van der Waals surface area contributed by atoms with E-state index in [1.807, 2.05) is 39.9 Å². The van der Waals surface area contributed by atoms with Gasteiger partial charge in [0.25, 0.3) is 0 Å². The number of pyridine rings is 1. The quantitative estimate of drug-likeness (QED) is 0.275. The van der Waals surface area contributed by atoms with Crippen LogP contribution in [0.25, 0.3) is 10.9 Å². The van der Waals surface area contributed by atoms with Gasteiger partial charge in [0, 0.05) is 42.0 Å². The molecule has 0 radical (unpaired) electrons. The van der Waals surface area contributed by atoms with Crippen LogP contribution in [0.3, 0.4) is 0 Å². The van der Waals surface area contributed by atoms with Gasteiger partial charge in [-0.05, 0) is 64.5 Å². The van der Waals surface area contributed by atoms with Crippen LogP contribution in [0, 0.1) is 0 Å². The van der Waals surface area contributed by atoms with Crippen LogP contribution in [0.15, 0.2) is 64.2 Å². The van der Waals surface area contributed by atoms with Crippen LogP contribution >= 0.6 is 23.1 Å². The maximum absolute atomic E-state index is 13.7. The summed E-state index contributed by atoms with van der Waals surface area (Å²) in [4.78, 5) is 24.2. The number of ether oxygens (including phenoxy) is 3. The molecular weight excluding hydrogens is 518 g/mol. The molecule has 0 atom stereocenters. The summed E-state index contributed by atoms with van der Waals surface area (Å²) in [5.41, 5.74) is 4.04. The fourth-order valence-electron chi connectivity index (χ4n) is 4.85. The molecule has 0 bridgehead atoms. The van der Waals surface area contributed by atoms with E-state index in [9.17, 15) is 4.79 Å². The van der Waals surface area contributed by atoms with Crippen molar-refractivity contribution in [2.24, 2.45) is 0 Å². The van der Waals surface area contributed by atoms with Crippen LogP contribution in [0.4, 0.5) is 5.82 Å². The molecular formula is C29H29N3O4S2. The molecule has 0 N–H and O–H groups in total. The van der Waals surface area contributed by atoms with E-state index in [-0.39, 0.29) is 12.7 Å². The third-order valence-electron chi connectivity index (χ3n) is 6.85. The number of hydrogen-bond donors (Lipinski definition) is 0. The lowest BCUT2D eigenvalue weighted by Crippen LogP contribution is -2.38. The molecule has 4 aromatic rings. The summed E-state index contributed by atoms with van der Waals surface area (Å²) in [7, 11) is 0. The van der Waals surface area contributed by atoms with Gasteiger partial charge >= 0.3 is 0 Å². The van der Waals surface area contributed by atoms with Crippen LogP contribution < -0.4 is 14.4 Å². The molecule has 2 aromatic heterocycles. The Morgan fingerprint density at radius 2 is 1.89 bits per heavy atom. The summed E-state index contributed by atoms with van der Waals surface area (Å²) in [6.45, 7) is 4.04. The van der Waals surface area contributed by atoms with Crippen molar-refractivity contribution in [3.63, 3.8) is 0 Å². The van der Waals surface area contributed by atoms with E-state index in [1.165, 1.54) is 4.90 Å². The minimum Gasteiger partial charge on any atom is -0.454 e. The van der Waals surface area contributed by atoms with Crippen molar-refractivity contribution in [2.45, 2.75) is 24.4 Å². The average molecular weight is 548 g/mol. The summed E-state index contributed by atoms with van der Waals surface area (Å²) in [6.07, 6.45) is 2.44. The molecule has 1 saturated heterocycles. The van der Waals surface area contributed by atoms with Crippen LogP contribution in [0.1, 0.15) is 16.7 Å². The Balaban J connectivity index is 1.36. The number of thiophene rings is 1. The van der Waals surface area contributed by atoms with E-state index in [2.05, 4.69) is 35.4 Å². The highest BCUT2D eigenvalue weighted by atomic mass is 32.2. The first-order valence-electron chi connectivity index (χ1n) is 12.6. The second kappa shape index (κ2) is 11.2. The van der Waals surface area contributed by atoms with Crippen molar-refractivity contribution in [1.29, 1.82) is 0 Å². The first kappa shape index (κ1) is 25.0. The molecule has 0 spiro atoms. The molecule has 9 heteroatoms. The van der Waals surface area contributed by atoms with E-state index in [1.54, 1.807) is 23.1 Å². The zero-order chi connectivity index (χ0) is 25.9. The van der Waals surface area contributed by atoms with Crippen molar-refractivity contribution >= 4 is 45.7 Å². The van der Waals surface area contributed by atoms with Gasteiger partial charge in [-0.15, -0.1) is 11.8 Å². The largest absolute Gasteiger partial charge is 0.454 e. The highest BCUT2D eigenvalue weighted by molar-refractivity contribution is 7.98. The summed E-state index contributed by atoms with van der Waals surface area (Å²) < 4.78 is 16.7. The first-order valence-corrected chi connectivity index (χ1v) is 14.8. The lowest BCUT2D eigenvalue weighted by atomic mass is 10.1. The number of fused-ring (bicyclic) bond motifs is 2. The van der Waals surface area contributed by atoms with Gasteiger partial charge in [0.15, 0.2) is 11.5 Å². The molecule has 196 valence electrons. The summed E-state index contributed by atoms with van der Waals surface area (Å²) >= 11 is 3.32. The zero-order valence-electron chi connectivity index (χ0n) is 21.2. The first-order chi connectivity index (χ1) is 18.7. The van der Waals surface area contributed by atoms with Gasteiger partial charge in [0.2, 0.25) is 12.7 Å². The SMILES string of the molecule is CSc1ccc2cc(CN(Cc3ccc4c(c3)OCO4)C(=O)Cc3ccsc3)c(N3CCOCC3)nc2c1. The number of benzene rings is 2. The third-order valence-corrected chi connectivity index (χ3v) is 8.31. The van der Waals surface area contributed by atoms with Crippen molar-refractivity contribution in [3.8, 4) is 11.5 Å². The lowest BCUT2D eigenvalue weighted by molar-refractivity contribution is -0.131. The maximum atomic E-state index is 13.7. The number of rotatable bonds is 8. The second-order valence-electron chi connectivity index (χ2n) is 9.37. The fraction of sp³-hybridized carbons (Fsp3) is 0.310. The number of morpholine rings is 1. The van der Waals surface area contributed by atoms with E-state index in [0.717, 1.165) is 58.0 Å². The molecule has 1 fully saturated rings. The predicted molar refractivity (Wildman–Crippen MR) is 151 cm³/mol. The number of aromatic nitrogens is 1. The monoisotopic (exact) mass is 547 g/mol. The van der Waals surface area contributed by atoms with Gasteiger partial charge in [0.1, 0.15) is 5.82 Å². The molecule has 2 aliphatic heterocycles. The lowest BCUT2D eigenvalue weighted by Gasteiger charge is -2.31. The normalized spacial score (nSPS) is 14.7. The Kier molecular flexibility index (Phi) is 7.40. The van der Waals surface area contributed by atoms with Crippen molar-refractivity contribution in [2.75, 3.05) is 44.3 Å². The number of carbonyl (C=O) groups is 1. The molecule has 7 nitrogen and oxygen atoms in total. The summed E-state index contributed by atoms with van der Waals surface area (Å²) in [6, 6.07) is 16.5. The molecule has 0 aliphatic carbocycles. The Bertz CT molecular complexity index is 1440. The topological polar surface area (TPSA) is 64.1 Å². The number of thioether (sulfide) groups is 1. The minimum atomic E-state index is 0.0758. The summed E-state index contributed by atoms with van der Waals surface area (Å²) in [5.74, 6) is 2.46. The van der Waals surface area contributed by atoms with Crippen LogP contribution in [0.5, 0.6) is 11.5 Å². The van der Waals surface area contributed by atoms with Crippen molar-refractivity contribution < 1.29 is 19.0 Å². The molecule has 4 heterocycles. The Labute approximate surface area is 230 Å². The fourth-order valence-corrected chi connectivity index (χ4v) is 5.95. The number of nitrogens with zero attached hydrogens (tertiary/aromatic N) is 3. The Hall–Kier alpha value is -3.27. The number of hydrogen-bond acceptors (Lipinski definition) is 8. The van der Waals surface area contributed by atoms with Crippen LogP contribution in [0.2, 0.25) is 0 Å². The van der Waals surface area contributed by atoms with E-state index < -0.39 is 0 Å². The zero-order valence-corrected chi connectivity index (χ0v) is 22.9. The number of anilines is 1. The van der Waals surface area contributed by atoms with Gasteiger partial charge in [-0.1, -0.05) is 12.1 Å². The molecule has 1 amide bonds. The predicted octanol–water partition coefficient (Wildman–Crippen LogP) is 5.36. The summed E-state index contributed by atoms with van der Waals surface area (Å²) in [5, 5.41) is 5.12. The Morgan fingerprint density at radius 1 is 1.03 bits per heavy atom. The van der Waals surface area contributed by atoms with Crippen LogP contribution in [-0.2, 0) is 29.0 Å². The van der Waals surface area contributed by atoms with Gasteiger partial charge < -0.3 is 24.0 Å². The molecule has 2 aliphatic rings.